The van der Waals surface area contributed by atoms with Gasteiger partial charge in [-0.05, 0) is 99.2 Å². The predicted molar refractivity (Wildman–Crippen MR) is 303 cm³/mol. The molecule has 5 aromatic rings. The van der Waals surface area contributed by atoms with Crippen molar-refractivity contribution in [3.63, 3.8) is 0 Å². The molecule has 1 saturated heterocycles. The largest absolute Gasteiger partial charge is 0.508 e. The van der Waals surface area contributed by atoms with Crippen molar-refractivity contribution < 1.29 is 62.9 Å². The highest BCUT2D eigenvalue weighted by Crippen LogP contribution is 2.40. The standard InChI is InChI=1S/C24H27NO5.C16H13NO4.C16H25NO3.C8H14O/c26-22-20-10-3-4-11-21(20)23(27)25(22)14-15-29-18-8-7-9-19(16-18)30-17-24(28)12-5-1-2-6-13-24;18-11-4-3-5-12(10-11)21-9-8-17-15(19)13-6-1-2-7-14(13)16(17)20;17-10-11-19-14-6-5-7-15(12-14)20-13-16(18)8-3-1-2-4-9-16;1-2-4-6-8(5-3-1)7-9-8/h3-4,7-11,16,28H,1-2,5-6,12-15,17H2;1-7,10,18H,8-9H2;5-7,12,18H,1-4,8-11,13,17H2;1-7H2. The molecule has 16 heteroatoms. The summed E-state index contributed by atoms with van der Waals surface area (Å²) in [6.45, 7) is 3.39. The van der Waals surface area contributed by atoms with E-state index in [2.05, 4.69) is 0 Å². The number of amides is 4. The van der Waals surface area contributed by atoms with E-state index in [1.165, 1.54) is 86.1 Å². The van der Waals surface area contributed by atoms with Crippen molar-refractivity contribution in [3.05, 3.63) is 144 Å². The zero-order valence-corrected chi connectivity index (χ0v) is 46.0. The Labute approximate surface area is 470 Å². The number of phenolic OH excluding ortho intramolecular Hbond substituents is 1. The van der Waals surface area contributed by atoms with E-state index in [9.17, 15) is 34.5 Å². The summed E-state index contributed by atoms with van der Waals surface area (Å²) in [5.74, 6) is 2.15. The zero-order chi connectivity index (χ0) is 56.2. The molecule has 428 valence electrons. The number of benzene rings is 5. The van der Waals surface area contributed by atoms with E-state index < -0.39 is 11.2 Å². The van der Waals surface area contributed by atoms with Gasteiger partial charge in [0.15, 0.2) is 0 Å². The maximum Gasteiger partial charge on any atom is 0.261 e. The van der Waals surface area contributed by atoms with Crippen LogP contribution in [0.5, 0.6) is 34.5 Å². The molecule has 0 bridgehead atoms. The summed E-state index contributed by atoms with van der Waals surface area (Å²) in [5.41, 5.74) is 6.12. The SMILES string of the molecule is C1CCCC2(CC1)CO2.NCCOc1cccc(OCC2(O)CCCCCC2)c1.O=C1c2ccccc2C(=O)N1CCOc1cccc(O)c1.O=C1c2ccccc2C(=O)N1CCOc1cccc(OCC2(O)CCCCCC2)c1. The van der Waals surface area contributed by atoms with Gasteiger partial charge in [-0.25, -0.2) is 0 Å². The quantitative estimate of drug-likeness (QED) is 0.0387. The van der Waals surface area contributed by atoms with E-state index in [4.69, 9.17) is 34.2 Å². The van der Waals surface area contributed by atoms with E-state index in [1.807, 2.05) is 36.4 Å². The summed E-state index contributed by atoms with van der Waals surface area (Å²) in [5, 5.41) is 30.6. The van der Waals surface area contributed by atoms with Crippen LogP contribution in [0, 0.1) is 0 Å². The maximum absolute atomic E-state index is 12.4. The molecule has 3 aliphatic heterocycles. The summed E-state index contributed by atoms with van der Waals surface area (Å²) in [7, 11) is 0. The molecule has 1 spiro atoms. The van der Waals surface area contributed by atoms with Crippen LogP contribution in [0.3, 0.4) is 0 Å². The van der Waals surface area contributed by atoms with E-state index >= 15 is 0 Å². The molecule has 3 heterocycles. The van der Waals surface area contributed by atoms with Crippen LogP contribution in [-0.2, 0) is 4.74 Å². The molecule has 4 fully saturated rings. The lowest BCUT2D eigenvalue weighted by Crippen LogP contribution is -2.35. The fourth-order valence-electron chi connectivity index (χ4n) is 10.7. The first-order valence-corrected chi connectivity index (χ1v) is 28.7. The minimum Gasteiger partial charge on any atom is -0.508 e. The number of carbonyl (C=O) groups excluding carboxylic acids is 4. The Morgan fingerprint density at radius 3 is 1.10 bits per heavy atom. The number of aliphatic hydroxyl groups is 2. The number of carbonyl (C=O) groups is 4. The highest BCUT2D eigenvalue weighted by Gasteiger charge is 2.44. The molecule has 3 aliphatic carbocycles. The minimum atomic E-state index is -0.765. The Morgan fingerprint density at radius 2 is 0.750 bits per heavy atom. The fraction of sp³-hybridized carbons (Fsp3) is 0.469. The first kappa shape index (κ1) is 59.1. The van der Waals surface area contributed by atoms with Crippen molar-refractivity contribution in [1.29, 1.82) is 0 Å². The van der Waals surface area contributed by atoms with Crippen molar-refractivity contribution in [2.45, 2.75) is 132 Å². The number of fused-ring (bicyclic) bond motifs is 2. The van der Waals surface area contributed by atoms with Crippen LogP contribution < -0.4 is 29.4 Å². The van der Waals surface area contributed by atoms with Gasteiger partial charge in [0.05, 0.1) is 58.8 Å². The van der Waals surface area contributed by atoms with E-state index in [1.54, 1.807) is 72.8 Å². The zero-order valence-electron chi connectivity index (χ0n) is 46.0. The highest BCUT2D eigenvalue weighted by atomic mass is 16.6. The van der Waals surface area contributed by atoms with Gasteiger partial charge in [0.25, 0.3) is 23.6 Å². The van der Waals surface area contributed by atoms with Crippen molar-refractivity contribution in [1.82, 2.24) is 9.80 Å². The minimum absolute atomic E-state index is 0.105. The average molecular weight is 1100 g/mol. The smallest absolute Gasteiger partial charge is 0.261 e. The second kappa shape index (κ2) is 28.9. The third-order valence-electron chi connectivity index (χ3n) is 15.4. The number of nitrogens with two attached hydrogens (primary N) is 1. The Kier molecular flexibility index (Phi) is 21.4. The Balaban J connectivity index is 0.000000149. The maximum atomic E-state index is 12.4. The fourth-order valence-corrected chi connectivity index (χ4v) is 10.7. The molecule has 16 nitrogen and oxygen atoms in total. The summed E-state index contributed by atoms with van der Waals surface area (Å²) in [6, 6.07) is 34.7. The predicted octanol–water partition coefficient (Wildman–Crippen LogP) is 10.5. The number of aromatic hydroxyl groups is 1. The summed E-state index contributed by atoms with van der Waals surface area (Å²) < 4.78 is 33.7. The van der Waals surface area contributed by atoms with Gasteiger partial charge in [0.1, 0.15) is 67.5 Å². The molecule has 80 heavy (non-hydrogen) atoms. The van der Waals surface area contributed by atoms with Gasteiger partial charge in [-0.1, -0.05) is 120 Å². The lowest BCUT2D eigenvalue weighted by molar-refractivity contribution is -0.0176. The van der Waals surface area contributed by atoms with E-state index in [0.717, 1.165) is 69.5 Å². The van der Waals surface area contributed by atoms with Gasteiger partial charge >= 0.3 is 0 Å². The lowest BCUT2D eigenvalue weighted by Gasteiger charge is -2.26. The first-order valence-electron chi connectivity index (χ1n) is 28.7. The van der Waals surface area contributed by atoms with Crippen molar-refractivity contribution >= 4 is 23.6 Å². The lowest BCUT2D eigenvalue weighted by atomic mass is 9.96. The van der Waals surface area contributed by atoms with Crippen LogP contribution in [0.15, 0.2) is 121 Å². The molecule has 11 rings (SSSR count). The number of rotatable bonds is 17. The van der Waals surface area contributed by atoms with Crippen LogP contribution in [0.2, 0.25) is 0 Å². The van der Waals surface area contributed by atoms with Crippen LogP contribution >= 0.6 is 0 Å². The highest BCUT2D eigenvalue weighted by molar-refractivity contribution is 6.22. The van der Waals surface area contributed by atoms with Crippen LogP contribution in [0.1, 0.15) is 157 Å². The molecule has 0 radical (unpaired) electrons. The molecule has 5 aromatic carbocycles. The molecule has 5 N–H and O–H groups in total. The van der Waals surface area contributed by atoms with E-state index in [-0.39, 0.29) is 62.3 Å². The molecular formula is C64H79N3O13. The molecule has 0 atom stereocenters. The van der Waals surface area contributed by atoms with Crippen molar-refractivity contribution in [2.24, 2.45) is 5.73 Å². The summed E-state index contributed by atoms with van der Waals surface area (Å²) in [4.78, 5) is 51.4. The topological polar surface area (TPSA) is 220 Å². The Hall–Kier alpha value is -6.98. The number of imide groups is 2. The molecule has 6 aliphatic rings. The van der Waals surface area contributed by atoms with Gasteiger partial charge in [-0.15, -0.1) is 0 Å². The summed E-state index contributed by atoms with van der Waals surface area (Å²) in [6.07, 6.45) is 20.5. The normalized spacial score (nSPS) is 18.5. The second-order valence-electron chi connectivity index (χ2n) is 21.6. The van der Waals surface area contributed by atoms with Gasteiger partial charge in [0, 0.05) is 24.7 Å². The number of nitrogens with zero attached hydrogens (tertiary/aromatic N) is 2. The molecular weight excluding hydrogens is 1020 g/mol. The molecule has 3 saturated carbocycles. The van der Waals surface area contributed by atoms with Crippen molar-refractivity contribution in [3.8, 4) is 34.5 Å². The van der Waals surface area contributed by atoms with Crippen LogP contribution in [-0.4, -0.2) is 125 Å². The van der Waals surface area contributed by atoms with Gasteiger partial charge in [0.2, 0.25) is 0 Å². The third-order valence-corrected chi connectivity index (χ3v) is 15.4. The van der Waals surface area contributed by atoms with Gasteiger partial charge in [-0.2, -0.15) is 0 Å². The number of epoxide rings is 1. The second-order valence-corrected chi connectivity index (χ2v) is 21.6. The third kappa shape index (κ3) is 17.0. The monoisotopic (exact) mass is 1100 g/mol. The van der Waals surface area contributed by atoms with Crippen molar-refractivity contribution in [2.75, 3.05) is 59.3 Å². The molecule has 0 aromatic heterocycles. The Morgan fingerprint density at radius 1 is 0.425 bits per heavy atom. The van der Waals surface area contributed by atoms with Crippen LogP contribution in [0.4, 0.5) is 0 Å². The van der Waals surface area contributed by atoms with Crippen LogP contribution in [0.25, 0.3) is 0 Å². The summed E-state index contributed by atoms with van der Waals surface area (Å²) >= 11 is 0. The van der Waals surface area contributed by atoms with Gasteiger partial charge < -0.3 is 49.5 Å². The Bertz CT molecular complexity index is 2740. The molecule has 4 amide bonds. The number of hydrogen-bond acceptors (Lipinski definition) is 14. The molecule has 0 unspecified atom stereocenters. The number of ether oxygens (including phenoxy) is 6. The average Bonchev–Trinajstić information content (AvgIpc) is 4.30. The number of hydrogen-bond donors (Lipinski definition) is 4. The van der Waals surface area contributed by atoms with Gasteiger partial charge in [-0.3, -0.25) is 29.0 Å². The first-order chi connectivity index (χ1) is 38.9. The van der Waals surface area contributed by atoms with E-state index in [0.29, 0.717) is 64.9 Å². The number of phenols is 1.